The van der Waals surface area contributed by atoms with E-state index >= 15 is 0 Å². The summed E-state index contributed by atoms with van der Waals surface area (Å²) < 4.78 is 12.8. The second-order valence-corrected chi connectivity index (χ2v) is 6.54. The smallest absolute Gasteiger partial charge is 0.230 e. The molecule has 0 unspecified atom stereocenters. The Kier molecular flexibility index (Phi) is 5.46. The molecule has 1 aliphatic heterocycles. The Labute approximate surface area is 159 Å². The summed E-state index contributed by atoms with van der Waals surface area (Å²) in [6, 6.07) is 16.0. The van der Waals surface area contributed by atoms with Gasteiger partial charge in [-0.1, -0.05) is 12.1 Å². The fourth-order valence-corrected chi connectivity index (χ4v) is 3.27. The quantitative estimate of drug-likeness (QED) is 0.631. The molecule has 4 rings (SSSR count). The Bertz CT molecular complexity index is 912. The maximum Gasteiger partial charge on any atom is 0.230 e. The Morgan fingerprint density at radius 3 is 2.63 bits per heavy atom. The van der Waals surface area contributed by atoms with Crippen LogP contribution in [0.1, 0.15) is 5.56 Å². The van der Waals surface area contributed by atoms with Crippen LogP contribution in [0.2, 0.25) is 0 Å². The van der Waals surface area contributed by atoms with Crippen molar-refractivity contribution in [3.63, 3.8) is 0 Å². The van der Waals surface area contributed by atoms with Gasteiger partial charge in [-0.25, -0.2) is 9.98 Å². The fourth-order valence-electron chi connectivity index (χ4n) is 3.27. The monoisotopic (exact) mass is 364 g/mol. The molecule has 2 aromatic carbocycles. The number of ether oxygens (including phenoxy) is 2. The zero-order valence-electron chi connectivity index (χ0n) is 15.5. The van der Waals surface area contributed by atoms with Crippen LogP contribution in [0.25, 0.3) is 11.0 Å². The average molecular weight is 364 g/mol. The molecule has 1 fully saturated rings. The number of fused-ring (bicyclic) bond motifs is 1. The fraction of sp³-hybridized carbons (Fsp3) is 0.333. The second kappa shape index (κ2) is 8.33. The number of rotatable bonds is 6. The first-order valence-corrected chi connectivity index (χ1v) is 9.27. The highest BCUT2D eigenvalue weighted by Crippen LogP contribution is 2.22. The van der Waals surface area contributed by atoms with Gasteiger partial charge in [0.25, 0.3) is 0 Å². The first-order valence-electron chi connectivity index (χ1n) is 9.27. The maximum absolute atomic E-state index is 5.44. The van der Waals surface area contributed by atoms with Crippen molar-refractivity contribution in [1.29, 1.82) is 0 Å². The summed E-state index contributed by atoms with van der Waals surface area (Å²) in [7, 11) is 1.67. The molecule has 0 saturated carbocycles. The lowest BCUT2D eigenvalue weighted by Gasteiger charge is -2.26. The van der Waals surface area contributed by atoms with E-state index < -0.39 is 0 Å². The Balaban J connectivity index is 1.57. The lowest BCUT2D eigenvalue weighted by atomic mass is 10.2. The summed E-state index contributed by atoms with van der Waals surface area (Å²) in [5.41, 5.74) is 3.11. The number of benzene rings is 2. The van der Waals surface area contributed by atoms with E-state index in [0.717, 1.165) is 67.7 Å². The van der Waals surface area contributed by atoms with Crippen molar-refractivity contribution in [3.8, 4) is 5.75 Å². The molecule has 1 aliphatic rings. The topological polar surface area (TPSA) is 51.9 Å². The van der Waals surface area contributed by atoms with Crippen molar-refractivity contribution in [2.75, 3.05) is 40.0 Å². The number of hydrogen-bond donors (Lipinski definition) is 0. The molecular formula is C21H24N4O2. The van der Waals surface area contributed by atoms with Gasteiger partial charge < -0.3 is 14.0 Å². The van der Waals surface area contributed by atoms with Gasteiger partial charge in [-0.3, -0.25) is 4.90 Å². The number of imidazole rings is 1. The number of hydrogen-bond acceptors (Lipinski definition) is 5. The SMILES string of the molecule is COc1ccc(/C=N\c2nc3ccccc3n2CCN2CCOCC2)cc1. The minimum Gasteiger partial charge on any atom is -0.497 e. The van der Waals surface area contributed by atoms with E-state index in [9.17, 15) is 0 Å². The van der Waals surface area contributed by atoms with Crippen molar-refractivity contribution in [2.24, 2.45) is 4.99 Å². The Morgan fingerprint density at radius 2 is 1.85 bits per heavy atom. The summed E-state index contributed by atoms with van der Waals surface area (Å²) in [6.45, 7) is 5.42. The molecule has 3 aromatic rings. The van der Waals surface area contributed by atoms with Gasteiger partial charge in [0, 0.05) is 32.4 Å². The number of morpholine rings is 1. The van der Waals surface area contributed by atoms with Gasteiger partial charge in [0.15, 0.2) is 0 Å². The van der Waals surface area contributed by atoms with E-state index in [-0.39, 0.29) is 0 Å². The molecule has 1 saturated heterocycles. The number of aliphatic imine (C=N–C) groups is 1. The number of aromatic nitrogens is 2. The van der Waals surface area contributed by atoms with Gasteiger partial charge in [0.05, 0.1) is 31.4 Å². The van der Waals surface area contributed by atoms with Gasteiger partial charge in [-0.05, 0) is 42.0 Å². The number of nitrogens with zero attached hydrogens (tertiary/aromatic N) is 4. The van der Waals surface area contributed by atoms with Crippen molar-refractivity contribution < 1.29 is 9.47 Å². The van der Waals surface area contributed by atoms with Crippen LogP contribution in [0.4, 0.5) is 5.95 Å². The van der Waals surface area contributed by atoms with Crippen molar-refractivity contribution in [1.82, 2.24) is 14.5 Å². The van der Waals surface area contributed by atoms with Crippen LogP contribution in [0.15, 0.2) is 53.5 Å². The molecule has 0 aliphatic carbocycles. The lowest BCUT2D eigenvalue weighted by molar-refractivity contribution is 0.0366. The average Bonchev–Trinajstić information content (AvgIpc) is 3.09. The van der Waals surface area contributed by atoms with Crippen molar-refractivity contribution in [2.45, 2.75) is 6.54 Å². The van der Waals surface area contributed by atoms with Crippen LogP contribution in [0, 0.1) is 0 Å². The van der Waals surface area contributed by atoms with E-state index in [2.05, 4.69) is 20.5 Å². The molecule has 0 atom stereocenters. The predicted octanol–water partition coefficient (Wildman–Crippen LogP) is 3.13. The highest BCUT2D eigenvalue weighted by molar-refractivity contribution is 5.83. The molecule has 1 aromatic heterocycles. The van der Waals surface area contributed by atoms with E-state index in [0.29, 0.717) is 0 Å². The summed E-state index contributed by atoms with van der Waals surface area (Å²) in [5, 5.41) is 0. The summed E-state index contributed by atoms with van der Waals surface area (Å²) in [6.07, 6.45) is 1.85. The van der Waals surface area contributed by atoms with E-state index in [1.54, 1.807) is 7.11 Å². The minimum absolute atomic E-state index is 0.736. The van der Waals surface area contributed by atoms with Gasteiger partial charge in [0.2, 0.25) is 5.95 Å². The van der Waals surface area contributed by atoms with Gasteiger partial charge >= 0.3 is 0 Å². The predicted molar refractivity (Wildman–Crippen MR) is 107 cm³/mol. The lowest BCUT2D eigenvalue weighted by Crippen LogP contribution is -2.38. The third-order valence-electron chi connectivity index (χ3n) is 4.82. The number of para-hydroxylation sites is 2. The van der Waals surface area contributed by atoms with Crippen LogP contribution in [0.5, 0.6) is 5.75 Å². The highest BCUT2D eigenvalue weighted by atomic mass is 16.5. The van der Waals surface area contributed by atoms with Crippen LogP contribution < -0.4 is 4.74 Å². The first kappa shape index (κ1) is 17.7. The van der Waals surface area contributed by atoms with E-state index in [1.165, 1.54) is 0 Å². The zero-order valence-corrected chi connectivity index (χ0v) is 15.5. The maximum atomic E-state index is 5.44. The largest absolute Gasteiger partial charge is 0.497 e. The van der Waals surface area contributed by atoms with Gasteiger partial charge in [-0.15, -0.1) is 0 Å². The Morgan fingerprint density at radius 1 is 1.07 bits per heavy atom. The molecule has 6 heteroatoms. The molecule has 0 spiro atoms. The van der Waals surface area contributed by atoms with Crippen LogP contribution >= 0.6 is 0 Å². The third-order valence-corrected chi connectivity index (χ3v) is 4.82. The second-order valence-electron chi connectivity index (χ2n) is 6.54. The normalized spacial score (nSPS) is 15.6. The molecule has 0 amide bonds. The molecule has 0 radical (unpaired) electrons. The Hall–Kier alpha value is -2.70. The molecular weight excluding hydrogens is 340 g/mol. The summed E-state index contributed by atoms with van der Waals surface area (Å²) in [5.74, 6) is 1.57. The zero-order chi connectivity index (χ0) is 18.5. The molecule has 140 valence electrons. The molecule has 0 N–H and O–H groups in total. The molecule has 6 nitrogen and oxygen atoms in total. The van der Waals surface area contributed by atoms with Crippen LogP contribution in [0.3, 0.4) is 0 Å². The summed E-state index contributed by atoms with van der Waals surface area (Å²) in [4.78, 5) is 11.8. The van der Waals surface area contributed by atoms with E-state index in [1.807, 2.05) is 48.7 Å². The van der Waals surface area contributed by atoms with E-state index in [4.69, 9.17) is 14.5 Å². The van der Waals surface area contributed by atoms with Crippen molar-refractivity contribution >= 4 is 23.2 Å². The van der Waals surface area contributed by atoms with Crippen molar-refractivity contribution in [3.05, 3.63) is 54.1 Å². The number of methoxy groups -OCH3 is 1. The van der Waals surface area contributed by atoms with Crippen LogP contribution in [-0.2, 0) is 11.3 Å². The first-order chi connectivity index (χ1) is 13.3. The summed E-state index contributed by atoms with van der Waals surface area (Å²) >= 11 is 0. The highest BCUT2D eigenvalue weighted by Gasteiger charge is 2.13. The van der Waals surface area contributed by atoms with Gasteiger partial charge in [0.1, 0.15) is 5.75 Å². The third kappa shape index (κ3) is 4.18. The standard InChI is InChI=1S/C21H24N4O2/c1-26-18-8-6-17(7-9-18)16-22-21-23-19-4-2-3-5-20(19)25(21)11-10-24-12-14-27-15-13-24/h2-9,16H,10-15H2,1H3/b22-16-. The molecule has 2 heterocycles. The minimum atomic E-state index is 0.736. The van der Waals surface area contributed by atoms with Crippen LogP contribution in [-0.4, -0.2) is 60.6 Å². The molecule has 0 bridgehead atoms. The molecule has 27 heavy (non-hydrogen) atoms. The van der Waals surface area contributed by atoms with Gasteiger partial charge in [-0.2, -0.15) is 0 Å².